The average Bonchev–Trinajstić information content (AvgIpc) is 3.20. The molecule has 1 fully saturated rings. The van der Waals surface area contributed by atoms with E-state index in [-0.39, 0.29) is 17.3 Å². The van der Waals surface area contributed by atoms with E-state index in [4.69, 9.17) is 4.74 Å². The lowest BCUT2D eigenvalue weighted by atomic mass is 10.1. The molecule has 0 bridgehead atoms. The minimum absolute atomic E-state index is 0.0930. The summed E-state index contributed by atoms with van der Waals surface area (Å²) in [6, 6.07) is 9.92. The second-order valence-electron chi connectivity index (χ2n) is 6.94. The predicted octanol–water partition coefficient (Wildman–Crippen LogP) is 4.28. The maximum absolute atomic E-state index is 13.1. The zero-order valence-corrected chi connectivity index (χ0v) is 16.4. The van der Waals surface area contributed by atoms with Gasteiger partial charge in [-0.25, -0.2) is 0 Å². The number of ether oxygens (including phenoxy) is 1. The van der Waals surface area contributed by atoms with Gasteiger partial charge in [-0.1, -0.05) is 12.1 Å². The van der Waals surface area contributed by atoms with Gasteiger partial charge in [0.15, 0.2) is 6.61 Å². The van der Waals surface area contributed by atoms with Gasteiger partial charge >= 0.3 is 6.18 Å². The van der Waals surface area contributed by atoms with Crippen molar-refractivity contribution in [3.8, 4) is 5.75 Å². The molecular formula is C21H22F3N3O3. The van der Waals surface area contributed by atoms with E-state index >= 15 is 0 Å². The number of carbonyl (C=O) groups is 2. The number of hydrogen-bond acceptors (Lipinski definition) is 4. The van der Waals surface area contributed by atoms with E-state index in [1.54, 1.807) is 24.3 Å². The molecule has 0 saturated carbocycles. The molecule has 30 heavy (non-hydrogen) atoms. The quantitative estimate of drug-likeness (QED) is 0.731. The number of para-hydroxylation sites is 2. The molecule has 2 amide bonds. The summed E-state index contributed by atoms with van der Waals surface area (Å²) < 4.78 is 44.9. The molecular weight excluding hydrogens is 399 g/mol. The Labute approximate surface area is 172 Å². The van der Waals surface area contributed by atoms with Crippen LogP contribution in [0.15, 0.2) is 42.5 Å². The summed E-state index contributed by atoms with van der Waals surface area (Å²) in [5.41, 5.74) is 0.204. The number of hydrogen-bond donors (Lipinski definition) is 2. The van der Waals surface area contributed by atoms with Gasteiger partial charge in [-0.3, -0.25) is 9.59 Å². The number of halogens is 3. The first-order chi connectivity index (χ1) is 14.2. The van der Waals surface area contributed by atoms with Crippen molar-refractivity contribution in [2.75, 3.05) is 35.2 Å². The summed E-state index contributed by atoms with van der Waals surface area (Å²) in [5, 5.41) is 5.13. The summed E-state index contributed by atoms with van der Waals surface area (Å²) in [6.45, 7) is 2.35. The van der Waals surface area contributed by atoms with E-state index in [1.165, 1.54) is 13.0 Å². The van der Waals surface area contributed by atoms with Crippen molar-refractivity contribution >= 4 is 28.9 Å². The zero-order chi connectivity index (χ0) is 21.7. The molecule has 9 heteroatoms. The Hall–Kier alpha value is -3.23. The Bertz CT molecular complexity index is 925. The third-order valence-corrected chi connectivity index (χ3v) is 4.60. The predicted molar refractivity (Wildman–Crippen MR) is 108 cm³/mol. The summed E-state index contributed by atoms with van der Waals surface area (Å²) in [6.07, 6.45) is -2.63. The molecule has 0 aromatic heterocycles. The van der Waals surface area contributed by atoms with Gasteiger partial charge in [-0.05, 0) is 43.2 Å². The zero-order valence-electron chi connectivity index (χ0n) is 16.4. The van der Waals surface area contributed by atoms with Crippen LogP contribution in [0.5, 0.6) is 5.75 Å². The molecule has 1 saturated heterocycles. The summed E-state index contributed by atoms with van der Waals surface area (Å²) >= 11 is 0. The number of nitrogens with one attached hydrogen (secondary N) is 2. The Balaban J connectivity index is 1.75. The number of benzene rings is 2. The first-order valence-electron chi connectivity index (χ1n) is 9.49. The number of alkyl halides is 3. The first kappa shape index (κ1) is 21.5. The SMILES string of the molecule is CC(=O)Nc1ccccc1OCC(=O)Nc1cc(C(F)(F)F)ccc1N1CCCC1. The van der Waals surface area contributed by atoms with Crippen molar-refractivity contribution in [2.45, 2.75) is 25.9 Å². The van der Waals surface area contributed by atoms with Crippen LogP contribution in [-0.2, 0) is 15.8 Å². The summed E-state index contributed by atoms with van der Waals surface area (Å²) in [5.74, 6) is -0.617. The van der Waals surface area contributed by atoms with Crippen LogP contribution in [-0.4, -0.2) is 31.5 Å². The van der Waals surface area contributed by atoms with Crippen molar-refractivity contribution in [1.29, 1.82) is 0 Å². The van der Waals surface area contributed by atoms with E-state index in [2.05, 4.69) is 10.6 Å². The molecule has 160 valence electrons. The molecule has 0 unspecified atom stereocenters. The third kappa shape index (κ3) is 5.43. The second kappa shape index (κ2) is 9.06. The Morgan fingerprint density at radius 3 is 2.40 bits per heavy atom. The van der Waals surface area contributed by atoms with Gasteiger partial charge in [0.2, 0.25) is 5.91 Å². The Morgan fingerprint density at radius 2 is 1.73 bits per heavy atom. The summed E-state index contributed by atoms with van der Waals surface area (Å²) in [7, 11) is 0. The highest BCUT2D eigenvalue weighted by Crippen LogP contribution is 2.36. The van der Waals surface area contributed by atoms with E-state index < -0.39 is 24.3 Å². The molecule has 1 heterocycles. The fraction of sp³-hybridized carbons (Fsp3) is 0.333. The van der Waals surface area contributed by atoms with Crippen molar-refractivity contribution in [1.82, 2.24) is 0 Å². The van der Waals surface area contributed by atoms with Crippen LogP contribution in [0.4, 0.5) is 30.2 Å². The highest BCUT2D eigenvalue weighted by molar-refractivity contribution is 5.96. The highest BCUT2D eigenvalue weighted by Gasteiger charge is 2.32. The maximum Gasteiger partial charge on any atom is 0.416 e. The van der Waals surface area contributed by atoms with Crippen LogP contribution >= 0.6 is 0 Å². The molecule has 0 atom stereocenters. The first-order valence-corrected chi connectivity index (χ1v) is 9.49. The van der Waals surface area contributed by atoms with E-state index in [0.717, 1.165) is 38.1 Å². The molecule has 0 radical (unpaired) electrons. The van der Waals surface area contributed by atoms with Gasteiger partial charge in [0, 0.05) is 20.0 Å². The number of carbonyl (C=O) groups excluding carboxylic acids is 2. The summed E-state index contributed by atoms with van der Waals surface area (Å²) in [4.78, 5) is 25.6. The fourth-order valence-electron chi connectivity index (χ4n) is 3.26. The lowest BCUT2D eigenvalue weighted by Gasteiger charge is -2.23. The van der Waals surface area contributed by atoms with E-state index in [9.17, 15) is 22.8 Å². The normalized spacial score (nSPS) is 13.8. The van der Waals surface area contributed by atoms with Crippen LogP contribution in [0.1, 0.15) is 25.3 Å². The van der Waals surface area contributed by atoms with Crippen LogP contribution in [0.3, 0.4) is 0 Å². The highest BCUT2D eigenvalue weighted by atomic mass is 19.4. The standard InChI is InChI=1S/C21H22F3N3O3/c1-14(28)25-16-6-2-3-7-19(16)30-13-20(29)26-17-12-15(21(22,23)24)8-9-18(17)27-10-4-5-11-27/h2-3,6-9,12H,4-5,10-11,13H2,1H3,(H,25,28)(H,26,29). The minimum atomic E-state index is -4.52. The van der Waals surface area contributed by atoms with Crippen LogP contribution in [0, 0.1) is 0 Å². The van der Waals surface area contributed by atoms with Crippen molar-refractivity contribution < 1.29 is 27.5 Å². The lowest BCUT2D eigenvalue weighted by molar-refractivity contribution is -0.137. The van der Waals surface area contributed by atoms with Crippen LogP contribution in [0.25, 0.3) is 0 Å². The van der Waals surface area contributed by atoms with Crippen LogP contribution < -0.4 is 20.3 Å². The van der Waals surface area contributed by atoms with Crippen molar-refractivity contribution in [3.63, 3.8) is 0 Å². The van der Waals surface area contributed by atoms with Gasteiger partial charge in [0.25, 0.3) is 5.91 Å². The smallest absolute Gasteiger partial charge is 0.416 e. The number of anilines is 3. The fourth-order valence-corrected chi connectivity index (χ4v) is 3.26. The third-order valence-electron chi connectivity index (χ3n) is 4.60. The van der Waals surface area contributed by atoms with Gasteiger partial charge in [0.1, 0.15) is 5.75 Å². The average molecular weight is 421 g/mol. The monoisotopic (exact) mass is 421 g/mol. The number of nitrogens with zero attached hydrogens (tertiary/aromatic N) is 1. The van der Waals surface area contributed by atoms with Crippen molar-refractivity contribution in [3.05, 3.63) is 48.0 Å². The number of rotatable bonds is 6. The molecule has 3 rings (SSSR count). The Morgan fingerprint density at radius 1 is 1.03 bits per heavy atom. The molecule has 1 aliphatic rings. The van der Waals surface area contributed by atoms with Crippen LogP contribution in [0.2, 0.25) is 0 Å². The number of amides is 2. The van der Waals surface area contributed by atoms with E-state index in [1.807, 2.05) is 4.90 Å². The largest absolute Gasteiger partial charge is 0.482 e. The van der Waals surface area contributed by atoms with Gasteiger partial charge in [0.05, 0.1) is 22.6 Å². The maximum atomic E-state index is 13.1. The molecule has 2 N–H and O–H groups in total. The van der Waals surface area contributed by atoms with Gasteiger partial charge < -0.3 is 20.3 Å². The molecule has 1 aliphatic heterocycles. The van der Waals surface area contributed by atoms with Gasteiger partial charge in [-0.2, -0.15) is 13.2 Å². The van der Waals surface area contributed by atoms with Gasteiger partial charge in [-0.15, -0.1) is 0 Å². The van der Waals surface area contributed by atoms with E-state index in [0.29, 0.717) is 11.4 Å². The molecule has 0 aliphatic carbocycles. The second-order valence-corrected chi connectivity index (χ2v) is 6.94. The topological polar surface area (TPSA) is 70.7 Å². The molecule has 2 aromatic carbocycles. The Kier molecular flexibility index (Phi) is 6.49. The molecule has 6 nitrogen and oxygen atoms in total. The lowest BCUT2D eigenvalue weighted by Crippen LogP contribution is -2.24. The molecule has 2 aromatic rings. The minimum Gasteiger partial charge on any atom is -0.482 e. The molecule has 0 spiro atoms. The van der Waals surface area contributed by atoms with Crippen molar-refractivity contribution in [2.24, 2.45) is 0 Å².